The van der Waals surface area contributed by atoms with Gasteiger partial charge in [-0.2, -0.15) is 0 Å². The molecule has 0 bridgehead atoms. The fourth-order valence-corrected chi connectivity index (χ4v) is 2.47. The van der Waals surface area contributed by atoms with Crippen LogP contribution in [-0.2, 0) is 10.3 Å². The Morgan fingerprint density at radius 3 is 2.71 bits per heavy atom. The predicted octanol–water partition coefficient (Wildman–Crippen LogP) is -2.76. The number of nitrogens with zero attached hydrogens (tertiary/aromatic N) is 3. The molecule has 2 aromatic rings. The van der Waals surface area contributed by atoms with E-state index in [0.717, 1.165) is 0 Å². The molecule has 1 aliphatic rings. The van der Waals surface area contributed by atoms with Gasteiger partial charge in [0.15, 0.2) is 22.9 Å². The number of H-pyrrole nitrogens is 1. The number of anilines is 1. The van der Waals surface area contributed by atoms with Gasteiger partial charge in [-0.3, -0.25) is 0 Å². The number of rotatable bonds is 3. The predicted molar refractivity (Wildman–Crippen MR) is 68.8 cm³/mol. The van der Waals surface area contributed by atoms with E-state index < -0.39 is 37.1 Å². The molecule has 0 amide bonds. The molecular weight excluding hydrogens is 282 g/mol. The first-order chi connectivity index (χ1) is 10.0. The molecule has 4 atom stereocenters. The molecule has 2 aromatic heterocycles. The molecule has 1 fully saturated rings. The standard InChI is InChI=1S/C11H15N5O5/c12-8-5-9(14-3-13-5)16-10(15-8)11(2-18)7(20)6(19)4(1-17)21-11/h3-4,6-7,17-20H,1-2H2,(H3,12,13,14,15,16)/t4-,6-,7-,11?/m1/s1. The number of hydrogen-bond acceptors (Lipinski definition) is 9. The Morgan fingerprint density at radius 2 is 2.10 bits per heavy atom. The van der Waals surface area contributed by atoms with E-state index in [1.54, 1.807) is 0 Å². The molecule has 10 heteroatoms. The Kier molecular flexibility index (Phi) is 3.26. The number of fused-ring (bicyclic) bond motifs is 1. The smallest absolute Gasteiger partial charge is 0.183 e. The van der Waals surface area contributed by atoms with Gasteiger partial charge < -0.3 is 35.9 Å². The van der Waals surface area contributed by atoms with Gasteiger partial charge in [0, 0.05) is 0 Å². The van der Waals surface area contributed by atoms with Crippen molar-refractivity contribution in [1.29, 1.82) is 0 Å². The van der Waals surface area contributed by atoms with Gasteiger partial charge in [0.2, 0.25) is 0 Å². The third-order valence-corrected chi connectivity index (χ3v) is 3.65. The van der Waals surface area contributed by atoms with Crippen LogP contribution in [-0.4, -0.2) is 71.9 Å². The van der Waals surface area contributed by atoms with Crippen molar-refractivity contribution in [1.82, 2.24) is 19.9 Å². The van der Waals surface area contributed by atoms with E-state index in [-0.39, 0.29) is 17.3 Å². The Hall–Kier alpha value is -1.85. The monoisotopic (exact) mass is 297 g/mol. The zero-order valence-electron chi connectivity index (χ0n) is 10.8. The van der Waals surface area contributed by atoms with Crippen LogP contribution >= 0.6 is 0 Å². The first-order valence-electron chi connectivity index (χ1n) is 6.26. The van der Waals surface area contributed by atoms with Crippen molar-refractivity contribution in [2.75, 3.05) is 18.9 Å². The van der Waals surface area contributed by atoms with Gasteiger partial charge in [-0.25, -0.2) is 15.0 Å². The van der Waals surface area contributed by atoms with E-state index in [0.29, 0.717) is 5.52 Å². The van der Waals surface area contributed by atoms with Gasteiger partial charge in [0.05, 0.1) is 19.5 Å². The number of nitrogens with one attached hydrogen (secondary N) is 1. The Bertz CT molecular complexity index is 663. The number of ether oxygens (including phenoxy) is 1. The highest BCUT2D eigenvalue weighted by Crippen LogP contribution is 2.38. The summed E-state index contributed by atoms with van der Waals surface area (Å²) in [5.41, 5.74) is 4.66. The maximum Gasteiger partial charge on any atom is 0.183 e. The van der Waals surface area contributed by atoms with Crippen molar-refractivity contribution in [3.63, 3.8) is 0 Å². The highest BCUT2D eigenvalue weighted by atomic mass is 16.6. The molecule has 0 saturated carbocycles. The third-order valence-electron chi connectivity index (χ3n) is 3.65. The minimum atomic E-state index is -1.77. The minimum absolute atomic E-state index is 0.0677. The van der Waals surface area contributed by atoms with Gasteiger partial charge in [-0.1, -0.05) is 0 Å². The summed E-state index contributed by atoms with van der Waals surface area (Å²) < 4.78 is 5.42. The number of hydrogen-bond donors (Lipinski definition) is 6. The molecule has 1 saturated heterocycles. The molecule has 7 N–H and O–H groups in total. The highest BCUT2D eigenvalue weighted by molar-refractivity contribution is 5.80. The lowest BCUT2D eigenvalue weighted by molar-refractivity contribution is -0.129. The van der Waals surface area contributed by atoms with Gasteiger partial charge in [-0.05, 0) is 0 Å². The molecule has 3 rings (SSSR count). The van der Waals surface area contributed by atoms with Gasteiger partial charge in [0.1, 0.15) is 23.8 Å². The zero-order chi connectivity index (χ0) is 15.2. The van der Waals surface area contributed by atoms with Crippen molar-refractivity contribution in [3.05, 3.63) is 12.2 Å². The molecule has 1 aliphatic heterocycles. The molecule has 21 heavy (non-hydrogen) atoms. The van der Waals surface area contributed by atoms with E-state index in [4.69, 9.17) is 15.6 Å². The molecule has 114 valence electrons. The lowest BCUT2D eigenvalue weighted by Crippen LogP contribution is -2.45. The number of aliphatic hydroxyl groups excluding tert-OH is 4. The summed E-state index contributed by atoms with van der Waals surface area (Å²) in [7, 11) is 0. The number of nitrogens with two attached hydrogens (primary N) is 1. The fourth-order valence-electron chi connectivity index (χ4n) is 2.47. The number of imidazole rings is 1. The summed E-state index contributed by atoms with van der Waals surface area (Å²) in [4.78, 5) is 14.8. The summed E-state index contributed by atoms with van der Waals surface area (Å²) >= 11 is 0. The van der Waals surface area contributed by atoms with E-state index in [1.165, 1.54) is 6.33 Å². The van der Waals surface area contributed by atoms with Crippen LogP contribution in [0, 0.1) is 0 Å². The van der Waals surface area contributed by atoms with Crippen LogP contribution in [0.25, 0.3) is 11.2 Å². The van der Waals surface area contributed by atoms with E-state index in [2.05, 4.69) is 19.9 Å². The van der Waals surface area contributed by atoms with Gasteiger partial charge >= 0.3 is 0 Å². The van der Waals surface area contributed by atoms with E-state index in [1.807, 2.05) is 0 Å². The van der Waals surface area contributed by atoms with Crippen LogP contribution in [0.4, 0.5) is 5.82 Å². The SMILES string of the molecule is Nc1nc(C2(CO)O[C@H](CO)[C@@H](O)[C@H]2O)nc2nc[nH]c12. The first-order valence-corrected chi connectivity index (χ1v) is 6.26. The zero-order valence-corrected chi connectivity index (χ0v) is 10.8. The van der Waals surface area contributed by atoms with Crippen LogP contribution < -0.4 is 5.73 Å². The topological polar surface area (TPSA) is 171 Å². The fraction of sp³-hybridized carbons (Fsp3) is 0.545. The normalized spacial score (nSPS) is 32.9. The largest absolute Gasteiger partial charge is 0.394 e. The number of aliphatic hydroxyl groups is 4. The van der Waals surface area contributed by atoms with Crippen molar-refractivity contribution in [2.24, 2.45) is 0 Å². The summed E-state index contributed by atoms with van der Waals surface area (Å²) in [6.45, 7) is -1.22. The molecule has 3 heterocycles. The quantitative estimate of drug-likeness (QED) is 0.351. The van der Waals surface area contributed by atoms with Crippen LogP contribution in [0.1, 0.15) is 5.82 Å². The lowest BCUT2D eigenvalue weighted by atomic mass is 9.94. The summed E-state index contributed by atoms with van der Waals surface area (Å²) in [5.74, 6) is -0.0392. The Morgan fingerprint density at radius 1 is 1.33 bits per heavy atom. The highest BCUT2D eigenvalue weighted by Gasteiger charge is 2.57. The maximum absolute atomic E-state index is 10.2. The second-order valence-electron chi connectivity index (χ2n) is 4.86. The van der Waals surface area contributed by atoms with E-state index >= 15 is 0 Å². The Labute approximate surface area is 118 Å². The minimum Gasteiger partial charge on any atom is -0.394 e. The van der Waals surface area contributed by atoms with Crippen LogP contribution in [0.5, 0.6) is 0 Å². The average molecular weight is 297 g/mol. The van der Waals surface area contributed by atoms with Crippen LogP contribution in [0.2, 0.25) is 0 Å². The third kappa shape index (κ3) is 1.88. The average Bonchev–Trinajstić information content (AvgIpc) is 3.05. The van der Waals surface area contributed by atoms with Crippen molar-refractivity contribution < 1.29 is 25.2 Å². The number of aromatic amines is 1. The van der Waals surface area contributed by atoms with Gasteiger partial charge in [-0.15, -0.1) is 0 Å². The van der Waals surface area contributed by atoms with Crippen molar-refractivity contribution >= 4 is 17.0 Å². The summed E-state index contributed by atoms with van der Waals surface area (Å²) in [6.07, 6.45) is -2.59. The molecule has 1 unspecified atom stereocenters. The Balaban J connectivity index is 2.13. The van der Waals surface area contributed by atoms with Crippen LogP contribution in [0.15, 0.2) is 6.33 Å². The molecular formula is C11H15N5O5. The van der Waals surface area contributed by atoms with Gasteiger partial charge in [0.25, 0.3) is 0 Å². The van der Waals surface area contributed by atoms with E-state index in [9.17, 15) is 15.3 Å². The summed E-state index contributed by atoms with van der Waals surface area (Å²) in [6, 6.07) is 0. The molecule has 0 aromatic carbocycles. The second kappa shape index (κ2) is 4.86. The van der Waals surface area contributed by atoms with Crippen molar-refractivity contribution in [3.8, 4) is 0 Å². The molecule has 0 spiro atoms. The summed E-state index contributed by atoms with van der Waals surface area (Å²) in [5, 5.41) is 38.9. The van der Waals surface area contributed by atoms with Crippen molar-refractivity contribution in [2.45, 2.75) is 23.9 Å². The number of nitrogen functional groups attached to an aromatic ring is 1. The molecule has 0 aliphatic carbocycles. The lowest BCUT2D eigenvalue weighted by Gasteiger charge is -2.28. The van der Waals surface area contributed by atoms with Crippen LogP contribution in [0.3, 0.4) is 0 Å². The maximum atomic E-state index is 10.2. The second-order valence-corrected chi connectivity index (χ2v) is 4.86. The number of aromatic nitrogens is 4. The molecule has 10 nitrogen and oxygen atoms in total. The molecule has 0 radical (unpaired) electrons. The first kappa shape index (κ1) is 14.1.